The third-order valence-corrected chi connectivity index (χ3v) is 10.6. The first-order chi connectivity index (χ1) is 23.0. The highest BCUT2D eigenvalue weighted by molar-refractivity contribution is 5.96. The molecule has 0 saturated carbocycles. The molecule has 0 spiro atoms. The van der Waals surface area contributed by atoms with E-state index < -0.39 is 0 Å². The van der Waals surface area contributed by atoms with E-state index >= 15 is 0 Å². The van der Waals surface area contributed by atoms with Gasteiger partial charge in [0.25, 0.3) is 0 Å². The lowest BCUT2D eigenvalue weighted by Gasteiger charge is -2.26. The third kappa shape index (κ3) is 3.83. The zero-order valence-corrected chi connectivity index (χ0v) is 26.4. The number of nitrogens with zero attached hydrogens (tertiary/aromatic N) is 3. The second kappa shape index (κ2) is 9.67. The summed E-state index contributed by atoms with van der Waals surface area (Å²) in [5, 5.41) is 0. The molecule has 0 amide bonds. The topological polar surface area (TPSA) is 38.7 Å². The first-order valence-electron chi connectivity index (χ1n) is 16.5. The Balaban J connectivity index is 1.27. The minimum Gasteiger partial charge on any atom is -0.208 e. The SMILES string of the molecule is CC1(C)c2ccccc2-c2cc3c(c(-c4nc(-c5ccccc5)nc(-c5ccc6c(c5)-c5ccccc5C6)n4)c21)Cc1ccccc1-3. The molecule has 0 radical (unpaired) electrons. The Kier molecular flexibility index (Phi) is 5.46. The van der Waals surface area contributed by atoms with Crippen molar-refractivity contribution in [2.24, 2.45) is 0 Å². The van der Waals surface area contributed by atoms with Crippen molar-refractivity contribution in [3.63, 3.8) is 0 Å². The van der Waals surface area contributed by atoms with Crippen LogP contribution in [0.4, 0.5) is 0 Å². The molecule has 0 atom stereocenters. The van der Waals surface area contributed by atoms with Crippen molar-refractivity contribution in [2.45, 2.75) is 32.1 Å². The van der Waals surface area contributed by atoms with Gasteiger partial charge in [-0.25, -0.2) is 15.0 Å². The Bertz CT molecular complexity index is 2440. The molecule has 3 aliphatic rings. The minimum atomic E-state index is -0.220. The largest absolute Gasteiger partial charge is 0.208 e. The van der Waals surface area contributed by atoms with Gasteiger partial charge in [-0.1, -0.05) is 129 Å². The lowest BCUT2D eigenvalue weighted by molar-refractivity contribution is 0.660. The molecule has 0 bridgehead atoms. The van der Waals surface area contributed by atoms with E-state index in [0.717, 1.165) is 35.4 Å². The number of benzene rings is 6. The smallest absolute Gasteiger partial charge is 0.164 e. The molecule has 10 rings (SSSR count). The van der Waals surface area contributed by atoms with Gasteiger partial charge in [-0.15, -0.1) is 0 Å². The van der Waals surface area contributed by atoms with Crippen molar-refractivity contribution in [2.75, 3.05) is 0 Å². The average Bonchev–Trinajstić information content (AvgIpc) is 3.75. The molecule has 3 heteroatoms. The summed E-state index contributed by atoms with van der Waals surface area (Å²) in [6.45, 7) is 4.71. The lowest BCUT2D eigenvalue weighted by atomic mass is 9.78. The number of hydrogen-bond acceptors (Lipinski definition) is 3. The molecule has 0 saturated heterocycles. The first-order valence-corrected chi connectivity index (χ1v) is 16.5. The summed E-state index contributed by atoms with van der Waals surface area (Å²) in [7, 11) is 0. The summed E-state index contributed by atoms with van der Waals surface area (Å²) in [6, 6.07) is 45.9. The summed E-state index contributed by atoms with van der Waals surface area (Å²) in [5.41, 5.74) is 18.7. The maximum atomic E-state index is 5.40. The zero-order chi connectivity index (χ0) is 31.3. The van der Waals surface area contributed by atoms with Crippen LogP contribution in [0.1, 0.15) is 47.2 Å². The molecule has 1 aromatic heterocycles. The highest BCUT2D eigenvalue weighted by Crippen LogP contribution is 2.56. The third-order valence-electron chi connectivity index (χ3n) is 10.6. The molecular formula is C44H31N3. The molecular weight excluding hydrogens is 571 g/mol. The molecule has 3 nitrogen and oxygen atoms in total. The van der Waals surface area contributed by atoms with Crippen LogP contribution < -0.4 is 0 Å². The average molecular weight is 602 g/mol. The molecule has 1 heterocycles. The predicted molar refractivity (Wildman–Crippen MR) is 190 cm³/mol. The van der Waals surface area contributed by atoms with Crippen molar-refractivity contribution >= 4 is 0 Å². The molecule has 0 N–H and O–H groups in total. The van der Waals surface area contributed by atoms with Gasteiger partial charge < -0.3 is 0 Å². The van der Waals surface area contributed by atoms with E-state index in [1.54, 1.807) is 0 Å². The molecule has 6 aromatic carbocycles. The monoisotopic (exact) mass is 601 g/mol. The highest BCUT2D eigenvalue weighted by atomic mass is 15.0. The van der Waals surface area contributed by atoms with Crippen molar-refractivity contribution in [3.8, 4) is 67.5 Å². The number of rotatable bonds is 3. The van der Waals surface area contributed by atoms with Gasteiger partial charge in [-0.3, -0.25) is 0 Å². The summed E-state index contributed by atoms with van der Waals surface area (Å²) in [6.07, 6.45) is 1.82. The van der Waals surface area contributed by atoms with E-state index in [0.29, 0.717) is 11.6 Å². The molecule has 3 aliphatic carbocycles. The summed E-state index contributed by atoms with van der Waals surface area (Å²) in [5.74, 6) is 2.15. The van der Waals surface area contributed by atoms with Crippen LogP contribution >= 0.6 is 0 Å². The Hall–Kier alpha value is -5.67. The Labute approximate surface area is 274 Å². The molecule has 7 aromatic rings. The van der Waals surface area contributed by atoms with Gasteiger partial charge in [0, 0.05) is 22.1 Å². The van der Waals surface area contributed by atoms with Crippen LogP contribution in [-0.2, 0) is 18.3 Å². The van der Waals surface area contributed by atoms with Crippen LogP contribution in [-0.4, -0.2) is 15.0 Å². The molecule has 0 unspecified atom stereocenters. The van der Waals surface area contributed by atoms with Gasteiger partial charge in [-0.05, 0) is 91.7 Å². The van der Waals surface area contributed by atoms with Crippen molar-refractivity contribution < 1.29 is 0 Å². The van der Waals surface area contributed by atoms with E-state index in [2.05, 4.69) is 135 Å². The van der Waals surface area contributed by atoms with Crippen LogP contribution in [0.5, 0.6) is 0 Å². The summed E-state index contributed by atoms with van der Waals surface area (Å²) < 4.78 is 0. The normalized spacial score (nSPS) is 14.2. The van der Waals surface area contributed by atoms with Crippen molar-refractivity contribution in [3.05, 3.63) is 161 Å². The van der Waals surface area contributed by atoms with Crippen molar-refractivity contribution in [1.82, 2.24) is 15.0 Å². The van der Waals surface area contributed by atoms with Gasteiger partial charge in [0.1, 0.15) is 0 Å². The first kappa shape index (κ1) is 26.5. The van der Waals surface area contributed by atoms with Gasteiger partial charge in [0.05, 0.1) is 0 Å². The fourth-order valence-corrected chi connectivity index (χ4v) is 8.38. The summed E-state index contributed by atoms with van der Waals surface area (Å²) >= 11 is 0. The van der Waals surface area contributed by atoms with Gasteiger partial charge >= 0.3 is 0 Å². The van der Waals surface area contributed by atoms with Gasteiger partial charge in [0.15, 0.2) is 17.5 Å². The van der Waals surface area contributed by atoms with Crippen LogP contribution in [0.2, 0.25) is 0 Å². The molecule has 222 valence electrons. The van der Waals surface area contributed by atoms with Gasteiger partial charge in [-0.2, -0.15) is 0 Å². The standard InChI is InChI=1S/C44H31N3/c1-44(2)38-19-11-10-18-33(38)37-25-35-32-17-9-7-15-28(32)23-36(35)39(40(37)44)43-46-41(26-12-4-3-5-13-26)45-42(47-43)30-21-20-29-22-27-14-6-8-16-31(27)34(29)24-30/h3-21,24-25H,22-23H2,1-2H3. The van der Waals surface area contributed by atoms with Crippen LogP contribution in [0.15, 0.2) is 127 Å². The quantitative estimate of drug-likeness (QED) is 0.202. The molecule has 47 heavy (non-hydrogen) atoms. The van der Waals surface area contributed by atoms with E-state index in [1.807, 2.05) is 6.07 Å². The molecule has 0 fully saturated rings. The van der Waals surface area contributed by atoms with E-state index in [9.17, 15) is 0 Å². The van der Waals surface area contributed by atoms with E-state index in [4.69, 9.17) is 15.0 Å². The van der Waals surface area contributed by atoms with Crippen LogP contribution in [0.25, 0.3) is 67.5 Å². The van der Waals surface area contributed by atoms with Gasteiger partial charge in [0.2, 0.25) is 0 Å². The highest BCUT2D eigenvalue weighted by Gasteiger charge is 2.41. The van der Waals surface area contributed by atoms with Crippen molar-refractivity contribution in [1.29, 1.82) is 0 Å². The Morgan fingerprint density at radius 1 is 0.447 bits per heavy atom. The van der Waals surface area contributed by atoms with Crippen LogP contribution in [0.3, 0.4) is 0 Å². The molecule has 0 aliphatic heterocycles. The second-order valence-electron chi connectivity index (χ2n) is 13.6. The fraction of sp³-hybridized carbons (Fsp3) is 0.114. The Morgan fingerprint density at radius 2 is 1.04 bits per heavy atom. The summed E-state index contributed by atoms with van der Waals surface area (Å²) in [4.78, 5) is 15.9. The predicted octanol–water partition coefficient (Wildman–Crippen LogP) is 10.3. The number of hydrogen-bond donors (Lipinski definition) is 0. The Morgan fingerprint density at radius 3 is 1.83 bits per heavy atom. The lowest BCUT2D eigenvalue weighted by Crippen LogP contribution is -2.18. The van der Waals surface area contributed by atoms with E-state index in [-0.39, 0.29) is 5.41 Å². The second-order valence-corrected chi connectivity index (χ2v) is 13.6. The number of fused-ring (bicyclic) bond motifs is 9. The number of aromatic nitrogens is 3. The van der Waals surface area contributed by atoms with E-state index in [1.165, 1.54) is 66.8 Å². The maximum absolute atomic E-state index is 5.40. The minimum absolute atomic E-state index is 0.220. The maximum Gasteiger partial charge on any atom is 0.164 e. The fourth-order valence-electron chi connectivity index (χ4n) is 8.38. The van der Waals surface area contributed by atoms with Crippen LogP contribution in [0, 0.1) is 0 Å². The zero-order valence-electron chi connectivity index (χ0n) is 26.4.